The zero-order valence-electron chi connectivity index (χ0n) is 22.2. The van der Waals surface area contributed by atoms with E-state index in [0.717, 1.165) is 16.9 Å². The van der Waals surface area contributed by atoms with Gasteiger partial charge in [-0.15, -0.1) is 0 Å². The molecule has 0 saturated heterocycles. The maximum Gasteiger partial charge on any atom is 0.243 e. The Hall–Kier alpha value is -2.82. The summed E-state index contributed by atoms with van der Waals surface area (Å²) in [5.74, 6) is 0.579. The number of ether oxygens (including phenoxy) is 1. The summed E-state index contributed by atoms with van der Waals surface area (Å²) in [6.45, 7) is 14.7. The van der Waals surface area contributed by atoms with Crippen LogP contribution in [0.5, 0.6) is 5.75 Å². The zero-order chi connectivity index (χ0) is 25.5. The Morgan fingerprint density at radius 1 is 0.971 bits per heavy atom. The first-order valence-corrected chi connectivity index (χ1v) is 12.2. The van der Waals surface area contributed by atoms with E-state index in [2.05, 4.69) is 50.4 Å². The van der Waals surface area contributed by atoms with E-state index >= 15 is 0 Å². The van der Waals surface area contributed by atoms with Gasteiger partial charge in [-0.05, 0) is 67.9 Å². The van der Waals surface area contributed by atoms with Gasteiger partial charge in [0.15, 0.2) is 0 Å². The average Bonchev–Trinajstić information content (AvgIpc) is 2.76. The van der Waals surface area contributed by atoms with Crippen molar-refractivity contribution in [2.75, 3.05) is 7.11 Å². The van der Waals surface area contributed by atoms with E-state index in [4.69, 9.17) is 4.74 Å². The fraction of sp³-hybridized carbons (Fsp3) is 0.517. The molecule has 0 aliphatic rings. The molecular formula is C29H42N2O3. The molecule has 0 aromatic heterocycles. The number of nitrogens with zero attached hydrogens (tertiary/aromatic N) is 1. The van der Waals surface area contributed by atoms with Gasteiger partial charge in [0.2, 0.25) is 11.8 Å². The van der Waals surface area contributed by atoms with Crippen LogP contribution < -0.4 is 10.1 Å². The summed E-state index contributed by atoms with van der Waals surface area (Å²) in [6.07, 6.45) is 1.52. The Morgan fingerprint density at radius 2 is 1.62 bits per heavy atom. The molecule has 2 aromatic rings. The first kappa shape index (κ1) is 27.4. The largest absolute Gasteiger partial charge is 0.497 e. The molecule has 5 heteroatoms. The number of carbonyl (C=O) groups is 2. The second-order valence-electron chi connectivity index (χ2n) is 11.0. The summed E-state index contributed by atoms with van der Waals surface area (Å²) in [5.41, 5.74) is 3.05. The van der Waals surface area contributed by atoms with E-state index in [1.807, 2.05) is 52.0 Å². The lowest BCUT2D eigenvalue weighted by atomic mass is 9.86. The van der Waals surface area contributed by atoms with Gasteiger partial charge in [0, 0.05) is 18.5 Å². The predicted octanol–water partition coefficient (Wildman–Crippen LogP) is 5.65. The minimum Gasteiger partial charge on any atom is -0.497 e. The molecule has 0 heterocycles. The van der Waals surface area contributed by atoms with Gasteiger partial charge < -0.3 is 15.0 Å². The van der Waals surface area contributed by atoms with Crippen molar-refractivity contribution in [1.82, 2.24) is 10.2 Å². The molecule has 0 aliphatic heterocycles. The van der Waals surface area contributed by atoms with Crippen molar-refractivity contribution < 1.29 is 14.3 Å². The van der Waals surface area contributed by atoms with Gasteiger partial charge in [-0.3, -0.25) is 9.59 Å². The molecule has 0 saturated carbocycles. The minimum atomic E-state index is -0.541. The van der Waals surface area contributed by atoms with E-state index in [1.54, 1.807) is 12.0 Å². The number of hydrogen-bond donors (Lipinski definition) is 1. The highest BCUT2D eigenvalue weighted by Gasteiger charge is 2.30. The van der Waals surface area contributed by atoms with Crippen LogP contribution in [0.15, 0.2) is 48.5 Å². The molecule has 186 valence electrons. The van der Waals surface area contributed by atoms with E-state index in [9.17, 15) is 9.59 Å². The van der Waals surface area contributed by atoms with Gasteiger partial charge in [-0.1, -0.05) is 64.1 Å². The average molecular weight is 467 g/mol. The summed E-state index contributed by atoms with van der Waals surface area (Å²) in [4.78, 5) is 28.3. The Morgan fingerprint density at radius 3 is 2.15 bits per heavy atom. The molecule has 2 aromatic carbocycles. The van der Waals surface area contributed by atoms with Crippen LogP contribution in [0.4, 0.5) is 0 Å². The third-order valence-electron chi connectivity index (χ3n) is 5.82. The van der Waals surface area contributed by atoms with Crippen molar-refractivity contribution in [2.45, 2.75) is 91.3 Å². The number of amides is 2. The van der Waals surface area contributed by atoms with Gasteiger partial charge >= 0.3 is 0 Å². The number of aryl methyl sites for hydroxylation is 1. The summed E-state index contributed by atoms with van der Waals surface area (Å²) in [5, 5.41) is 3.05. The molecule has 0 aliphatic carbocycles. The second-order valence-corrected chi connectivity index (χ2v) is 11.0. The summed E-state index contributed by atoms with van der Waals surface area (Å²) in [6, 6.07) is 15.6. The summed E-state index contributed by atoms with van der Waals surface area (Å²) < 4.78 is 5.35. The molecule has 34 heavy (non-hydrogen) atoms. The molecule has 2 amide bonds. The van der Waals surface area contributed by atoms with E-state index in [0.29, 0.717) is 25.8 Å². The Balaban J connectivity index is 2.24. The third-order valence-corrected chi connectivity index (χ3v) is 5.82. The van der Waals surface area contributed by atoms with Crippen molar-refractivity contribution in [3.05, 3.63) is 65.2 Å². The van der Waals surface area contributed by atoms with Crippen molar-refractivity contribution in [2.24, 2.45) is 0 Å². The highest BCUT2D eigenvalue weighted by molar-refractivity contribution is 5.88. The second kappa shape index (κ2) is 11.5. The minimum absolute atomic E-state index is 0.0290. The standard InChI is InChI=1S/C29H42N2O3/c1-9-25(27(33)30-29(5,6)7)31(20-22-11-10-12-24(19-22)34-8)26(32)18-15-21-13-16-23(17-14-21)28(2,3)4/h10-14,16-17,19,25H,9,15,18,20H2,1-8H3,(H,30,33). The number of nitrogens with one attached hydrogen (secondary N) is 1. The van der Waals surface area contributed by atoms with Crippen molar-refractivity contribution in [3.63, 3.8) is 0 Å². The Labute approximate surface area is 205 Å². The van der Waals surface area contributed by atoms with Crippen LogP contribution in [0.25, 0.3) is 0 Å². The monoisotopic (exact) mass is 466 g/mol. The first-order valence-electron chi connectivity index (χ1n) is 12.2. The van der Waals surface area contributed by atoms with Crippen LogP contribution in [0.2, 0.25) is 0 Å². The molecule has 5 nitrogen and oxygen atoms in total. The lowest BCUT2D eigenvalue weighted by molar-refractivity contribution is -0.142. The van der Waals surface area contributed by atoms with Crippen LogP contribution in [-0.2, 0) is 28.0 Å². The molecule has 1 unspecified atom stereocenters. The maximum atomic E-state index is 13.5. The number of carbonyl (C=O) groups excluding carboxylic acids is 2. The van der Waals surface area contributed by atoms with E-state index in [-0.39, 0.29) is 22.8 Å². The third kappa shape index (κ3) is 8.19. The topological polar surface area (TPSA) is 58.6 Å². The molecule has 1 atom stereocenters. The molecule has 1 N–H and O–H groups in total. The van der Waals surface area contributed by atoms with Gasteiger partial charge in [0.1, 0.15) is 11.8 Å². The van der Waals surface area contributed by atoms with Gasteiger partial charge in [0.25, 0.3) is 0 Å². The van der Waals surface area contributed by atoms with Crippen LogP contribution in [0, 0.1) is 0 Å². The molecule has 0 bridgehead atoms. The van der Waals surface area contributed by atoms with Gasteiger partial charge in [-0.25, -0.2) is 0 Å². The first-order chi connectivity index (χ1) is 15.8. The van der Waals surface area contributed by atoms with Crippen molar-refractivity contribution in [3.8, 4) is 5.75 Å². The van der Waals surface area contributed by atoms with Crippen LogP contribution in [-0.4, -0.2) is 35.4 Å². The SMILES string of the molecule is CCC(C(=O)NC(C)(C)C)N(Cc1cccc(OC)c1)C(=O)CCc1ccc(C(C)(C)C)cc1. The zero-order valence-corrected chi connectivity index (χ0v) is 22.2. The fourth-order valence-corrected chi connectivity index (χ4v) is 3.91. The van der Waals surface area contributed by atoms with Crippen molar-refractivity contribution in [1.29, 1.82) is 0 Å². The van der Waals surface area contributed by atoms with Crippen molar-refractivity contribution >= 4 is 11.8 Å². The highest BCUT2D eigenvalue weighted by Crippen LogP contribution is 2.23. The molecule has 0 radical (unpaired) electrons. The quantitative estimate of drug-likeness (QED) is 0.520. The van der Waals surface area contributed by atoms with Gasteiger partial charge in [-0.2, -0.15) is 0 Å². The van der Waals surface area contributed by atoms with Crippen LogP contribution >= 0.6 is 0 Å². The fourth-order valence-electron chi connectivity index (χ4n) is 3.91. The van der Waals surface area contributed by atoms with Crippen LogP contribution in [0.1, 0.15) is 78.0 Å². The summed E-state index contributed by atoms with van der Waals surface area (Å²) in [7, 11) is 1.62. The summed E-state index contributed by atoms with van der Waals surface area (Å²) >= 11 is 0. The highest BCUT2D eigenvalue weighted by atomic mass is 16.5. The number of rotatable bonds is 9. The van der Waals surface area contributed by atoms with E-state index in [1.165, 1.54) is 5.56 Å². The predicted molar refractivity (Wildman–Crippen MR) is 139 cm³/mol. The molecule has 0 fully saturated rings. The smallest absolute Gasteiger partial charge is 0.243 e. The molecular weight excluding hydrogens is 424 g/mol. The number of methoxy groups -OCH3 is 1. The number of hydrogen-bond acceptors (Lipinski definition) is 3. The Kier molecular flexibility index (Phi) is 9.31. The number of benzene rings is 2. The normalized spacial score (nSPS) is 12.7. The Bertz CT molecular complexity index is 953. The van der Waals surface area contributed by atoms with Crippen LogP contribution in [0.3, 0.4) is 0 Å². The maximum absolute atomic E-state index is 13.5. The molecule has 0 spiro atoms. The molecule has 2 rings (SSSR count). The van der Waals surface area contributed by atoms with E-state index < -0.39 is 6.04 Å². The lowest BCUT2D eigenvalue weighted by Gasteiger charge is -2.33. The van der Waals surface area contributed by atoms with Gasteiger partial charge in [0.05, 0.1) is 7.11 Å². The lowest BCUT2D eigenvalue weighted by Crippen LogP contribution is -2.53.